The lowest BCUT2D eigenvalue weighted by Crippen LogP contribution is -2.65. The number of unbranched alkanes of at least 4 members (excludes halogenated alkanes) is 19. The van der Waals surface area contributed by atoms with Crippen molar-refractivity contribution >= 4 is 5.91 Å². The molecule has 2 fully saturated rings. The molecular formula is C75H123NO13. The van der Waals surface area contributed by atoms with Gasteiger partial charge in [-0.15, -0.1) is 0 Å². The standard InChI is InChI=1S/C75H123NO13/c1-3-5-7-9-11-13-15-17-19-20-21-22-23-24-25-26-27-28-29-30-31-32-33-34-35-36-37-38-39-40-41-42-43-44-45-47-49-51-53-55-57-59-67(80)76-63(64(79)58-56-54-52-50-48-46-18-16-14-12-10-8-6-4-2)62-86-74-72(85)70(83)73(66(61-78)88-74)89-75-71(84)69(82)68(81)65(60-77)87-75/h5,7,11,13,17,19,21-22,24-25,27-28,30-31,33-34,36-37,39-40,42-43,56,58,63-66,68-75,77-79,81-85H,3-4,6,8-10,12,14-16,18,20,23,26,29,32,35,38,41,44-55,57,59-62H2,1-2H3,(H,76,80)/b7-5-,13-11-,19-17-,22-21-,25-24-,28-27-,31-30-,34-33-,37-36-,40-39-,43-42-,58-56+. The Morgan fingerprint density at radius 2 is 0.775 bits per heavy atom. The molecule has 0 radical (unpaired) electrons. The molecular weight excluding hydrogens is 1120 g/mol. The van der Waals surface area contributed by atoms with Gasteiger partial charge in [-0.1, -0.05) is 262 Å². The third-order valence-corrected chi connectivity index (χ3v) is 15.8. The molecule has 0 aromatic rings. The first-order valence-electron chi connectivity index (χ1n) is 34.6. The first-order valence-corrected chi connectivity index (χ1v) is 34.6. The number of ether oxygens (including phenoxy) is 4. The molecule has 2 aliphatic heterocycles. The van der Waals surface area contributed by atoms with Crippen LogP contribution in [0.15, 0.2) is 146 Å². The Morgan fingerprint density at radius 1 is 0.416 bits per heavy atom. The topological polar surface area (TPSA) is 228 Å². The number of rotatable bonds is 54. The van der Waals surface area contributed by atoms with Crippen molar-refractivity contribution in [1.29, 1.82) is 0 Å². The maximum absolute atomic E-state index is 13.3. The molecule has 14 nitrogen and oxygen atoms in total. The highest BCUT2D eigenvalue weighted by Crippen LogP contribution is 2.30. The van der Waals surface area contributed by atoms with E-state index in [0.29, 0.717) is 6.42 Å². The van der Waals surface area contributed by atoms with Crippen molar-refractivity contribution < 1.29 is 64.6 Å². The van der Waals surface area contributed by atoms with E-state index in [9.17, 15) is 45.6 Å². The minimum Gasteiger partial charge on any atom is -0.394 e. The summed E-state index contributed by atoms with van der Waals surface area (Å²) in [5.74, 6) is -0.257. The number of aliphatic hydroxyl groups excluding tert-OH is 8. The molecule has 506 valence electrons. The summed E-state index contributed by atoms with van der Waals surface area (Å²) in [5, 5.41) is 87.2. The van der Waals surface area contributed by atoms with Gasteiger partial charge in [-0.3, -0.25) is 4.79 Å². The Labute approximate surface area is 538 Å². The van der Waals surface area contributed by atoms with Crippen LogP contribution in [0, 0.1) is 0 Å². The van der Waals surface area contributed by atoms with Gasteiger partial charge < -0.3 is 65.1 Å². The van der Waals surface area contributed by atoms with Crippen LogP contribution in [-0.4, -0.2) is 140 Å². The minimum absolute atomic E-state index is 0.257. The highest BCUT2D eigenvalue weighted by molar-refractivity contribution is 5.76. The molecule has 12 unspecified atom stereocenters. The van der Waals surface area contributed by atoms with E-state index >= 15 is 0 Å². The lowest BCUT2D eigenvalue weighted by molar-refractivity contribution is -0.359. The molecule has 0 aromatic heterocycles. The zero-order valence-corrected chi connectivity index (χ0v) is 54.9. The van der Waals surface area contributed by atoms with Crippen LogP contribution in [-0.2, 0) is 23.7 Å². The van der Waals surface area contributed by atoms with Crippen molar-refractivity contribution in [2.75, 3.05) is 19.8 Å². The third kappa shape index (κ3) is 41.9. The van der Waals surface area contributed by atoms with Crippen molar-refractivity contribution in [2.24, 2.45) is 0 Å². The van der Waals surface area contributed by atoms with Gasteiger partial charge in [-0.2, -0.15) is 0 Å². The second-order valence-electron chi connectivity index (χ2n) is 23.6. The van der Waals surface area contributed by atoms with Crippen LogP contribution < -0.4 is 5.32 Å². The van der Waals surface area contributed by atoms with Crippen molar-refractivity contribution in [3.63, 3.8) is 0 Å². The summed E-state index contributed by atoms with van der Waals surface area (Å²) in [6.45, 7) is 2.66. The molecule has 0 aromatic carbocycles. The molecule has 0 saturated carbocycles. The average molecular weight is 1250 g/mol. The maximum Gasteiger partial charge on any atom is 0.220 e. The molecule has 0 spiro atoms. The summed E-state index contributed by atoms with van der Waals surface area (Å²) in [6.07, 6.45) is 70.4. The Hall–Kier alpha value is -4.13. The van der Waals surface area contributed by atoms with Crippen molar-refractivity contribution in [3.05, 3.63) is 146 Å². The fraction of sp³-hybridized carbons (Fsp3) is 0.667. The number of carbonyl (C=O) groups excluding carboxylic acids is 1. The first-order chi connectivity index (χ1) is 43.6. The lowest BCUT2D eigenvalue weighted by Gasteiger charge is -2.46. The molecule has 12 atom stereocenters. The Bertz CT molecular complexity index is 2050. The number of allylic oxidation sites excluding steroid dienone is 23. The lowest BCUT2D eigenvalue weighted by atomic mass is 9.97. The Balaban J connectivity index is 1.63. The fourth-order valence-electron chi connectivity index (χ4n) is 10.3. The summed E-state index contributed by atoms with van der Waals surface area (Å²) >= 11 is 0. The Kier molecular flexibility index (Phi) is 52.5. The van der Waals surface area contributed by atoms with E-state index in [2.05, 4.69) is 153 Å². The smallest absolute Gasteiger partial charge is 0.220 e. The van der Waals surface area contributed by atoms with E-state index in [-0.39, 0.29) is 18.9 Å². The molecule has 2 rings (SSSR count). The van der Waals surface area contributed by atoms with Crippen LogP contribution in [0.25, 0.3) is 0 Å². The summed E-state index contributed by atoms with van der Waals surface area (Å²) in [7, 11) is 0. The van der Waals surface area contributed by atoms with Crippen LogP contribution >= 0.6 is 0 Å². The highest BCUT2D eigenvalue weighted by atomic mass is 16.7. The van der Waals surface area contributed by atoms with E-state index in [1.165, 1.54) is 64.2 Å². The molecule has 1 amide bonds. The number of carbonyl (C=O) groups is 1. The van der Waals surface area contributed by atoms with E-state index in [1.54, 1.807) is 6.08 Å². The van der Waals surface area contributed by atoms with Crippen molar-refractivity contribution in [1.82, 2.24) is 5.32 Å². The highest BCUT2D eigenvalue weighted by Gasteiger charge is 2.51. The number of nitrogens with one attached hydrogen (secondary N) is 1. The van der Waals surface area contributed by atoms with Crippen molar-refractivity contribution in [2.45, 2.75) is 299 Å². The predicted molar refractivity (Wildman–Crippen MR) is 364 cm³/mol. The number of aliphatic hydroxyl groups is 8. The van der Waals surface area contributed by atoms with E-state index in [1.807, 2.05) is 6.08 Å². The number of hydrogen-bond acceptors (Lipinski definition) is 13. The average Bonchev–Trinajstić information content (AvgIpc) is 2.74. The van der Waals surface area contributed by atoms with Crippen LogP contribution in [0.1, 0.15) is 226 Å². The summed E-state index contributed by atoms with van der Waals surface area (Å²) in [5.41, 5.74) is 0. The van der Waals surface area contributed by atoms with Gasteiger partial charge in [0.1, 0.15) is 48.8 Å². The molecule has 9 N–H and O–H groups in total. The van der Waals surface area contributed by atoms with Crippen LogP contribution in [0.5, 0.6) is 0 Å². The van der Waals surface area contributed by atoms with Crippen LogP contribution in [0.4, 0.5) is 0 Å². The van der Waals surface area contributed by atoms with Crippen LogP contribution in [0.2, 0.25) is 0 Å². The number of amides is 1. The molecule has 2 heterocycles. The summed E-state index contributed by atoms with van der Waals surface area (Å²) in [6, 6.07) is -0.931. The van der Waals surface area contributed by atoms with Gasteiger partial charge in [0.15, 0.2) is 12.6 Å². The molecule has 14 heteroatoms. The molecule has 2 saturated heterocycles. The van der Waals surface area contributed by atoms with Crippen LogP contribution in [0.3, 0.4) is 0 Å². The summed E-state index contributed by atoms with van der Waals surface area (Å²) < 4.78 is 22.8. The zero-order chi connectivity index (χ0) is 64.5. The fourth-order valence-corrected chi connectivity index (χ4v) is 10.3. The monoisotopic (exact) mass is 1250 g/mol. The van der Waals surface area contributed by atoms with E-state index < -0.39 is 86.8 Å². The first kappa shape index (κ1) is 81.0. The largest absolute Gasteiger partial charge is 0.394 e. The van der Waals surface area contributed by atoms with Crippen molar-refractivity contribution in [3.8, 4) is 0 Å². The maximum atomic E-state index is 13.3. The second kappa shape index (κ2) is 57.7. The van der Waals surface area contributed by atoms with Gasteiger partial charge in [-0.25, -0.2) is 0 Å². The van der Waals surface area contributed by atoms with Gasteiger partial charge in [-0.05, 0) is 103 Å². The molecule has 0 aliphatic carbocycles. The SMILES string of the molecule is CC/C=C\C/C=C\C/C=C\C/C=C\C/C=C\C/C=C\C/C=C\C/C=C\C/C=C\C/C=C\C/C=C\CCCCCCCCCC(=O)NC(COC1OC(CO)C(OC2OC(CO)C(O)C(O)C2O)C(O)C1O)C(O)/C=C/CCCCCCCCCCCCCC. The molecule has 0 bridgehead atoms. The van der Waals surface area contributed by atoms with Gasteiger partial charge >= 0.3 is 0 Å². The zero-order valence-electron chi connectivity index (χ0n) is 54.9. The Morgan fingerprint density at radius 3 is 1.19 bits per heavy atom. The third-order valence-electron chi connectivity index (χ3n) is 15.8. The van der Waals surface area contributed by atoms with E-state index in [0.717, 1.165) is 135 Å². The molecule has 89 heavy (non-hydrogen) atoms. The second-order valence-corrected chi connectivity index (χ2v) is 23.6. The van der Waals surface area contributed by atoms with Gasteiger partial charge in [0.05, 0.1) is 32.0 Å². The normalized spacial score (nSPS) is 24.0. The molecule has 2 aliphatic rings. The predicted octanol–water partition coefficient (Wildman–Crippen LogP) is 14.1. The summed E-state index contributed by atoms with van der Waals surface area (Å²) in [4.78, 5) is 13.3. The van der Waals surface area contributed by atoms with Gasteiger partial charge in [0.2, 0.25) is 5.91 Å². The van der Waals surface area contributed by atoms with Gasteiger partial charge in [0, 0.05) is 6.42 Å². The van der Waals surface area contributed by atoms with Gasteiger partial charge in [0.25, 0.3) is 0 Å². The minimum atomic E-state index is -1.80. The quantitative estimate of drug-likeness (QED) is 0.0204. The number of hydrogen-bond donors (Lipinski definition) is 9. The van der Waals surface area contributed by atoms with E-state index in [4.69, 9.17) is 18.9 Å².